The van der Waals surface area contributed by atoms with Gasteiger partial charge in [-0.3, -0.25) is 24.5 Å². The van der Waals surface area contributed by atoms with Gasteiger partial charge in [-0.15, -0.1) is 0 Å². The summed E-state index contributed by atoms with van der Waals surface area (Å²) in [5, 5.41) is 33.1. The highest BCUT2D eigenvalue weighted by Crippen LogP contribution is 2.51. The predicted molar refractivity (Wildman–Crippen MR) is 367 cm³/mol. The van der Waals surface area contributed by atoms with Crippen LogP contribution >= 0.6 is 11.6 Å². The van der Waals surface area contributed by atoms with Crippen LogP contribution in [0, 0.1) is 0 Å². The standard InChI is InChI=1S/C72H89ClN8O19/c1-44-18-17-25-58(93-10)72(91)39-60(99-68(89)76-72)71(4)42-70(3,100-71)59(38-62(83)79(7)56-35-46(34-44)36-57(92-9)64(56)73)98-66(87)45(2)78(6)61(82)28-30-94-32-33-95-31-29-74-65(86)54(26-27-63(84)85)75-67(88)97-43-81-48(37-47-19-11-16-24-55(47)81)40-77(5)80(8)69(90)96-41-53-51-22-14-12-20-49(51)50-21-13-15-23-52(50)53/h11-25,35-37,45,53-54,58-60,91H,26-34,38-43H2,1-10H3,(H,74,86)(H,75,88)(H,76,89)(H,84,85)/b25-17+,44-18+/t45-,54-,58+,59-,60-,70+,71?,72-/m0/s1. The number of fused-ring (bicyclic) bond motifs is 10. The minimum Gasteiger partial charge on any atom is -0.495 e. The zero-order valence-corrected chi connectivity index (χ0v) is 58.7. The fourth-order valence-corrected chi connectivity index (χ4v) is 13.4. The Labute approximate surface area is 585 Å². The fourth-order valence-electron chi connectivity index (χ4n) is 13.1. The summed E-state index contributed by atoms with van der Waals surface area (Å²) in [7, 11) is 9.15. The van der Waals surface area contributed by atoms with E-state index in [0.717, 1.165) is 44.3 Å². The third-order valence-electron chi connectivity index (χ3n) is 18.8. The number of halogens is 1. The van der Waals surface area contributed by atoms with E-state index in [-0.39, 0.29) is 89.5 Å². The number of alkyl carbamates (subject to hydrolysis) is 2. The number of ether oxygens (including phenoxy) is 9. The molecule has 5 heterocycles. The molecule has 8 atom stereocenters. The van der Waals surface area contributed by atoms with Crippen LogP contribution in [0.15, 0.2) is 115 Å². The lowest BCUT2D eigenvalue weighted by Gasteiger charge is -2.59. The molecule has 2 saturated heterocycles. The first kappa shape index (κ1) is 75.1. The number of carboxylic acids is 1. The fraction of sp³-hybridized carbons (Fsp3) is 0.472. The molecule has 27 nitrogen and oxygen atoms in total. The first-order valence-corrected chi connectivity index (χ1v) is 33.4. The molecule has 0 radical (unpaired) electrons. The van der Waals surface area contributed by atoms with Crippen molar-refractivity contribution in [3.63, 3.8) is 0 Å². The number of rotatable bonds is 26. The van der Waals surface area contributed by atoms with Gasteiger partial charge in [0.25, 0.3) is 0 Å². The largest absolute Gasteiger partial charge is 0.495 e. The Kier molecular flexibility index (Phi) is 24.7. The molecule has 6 bridgehead atoms. The number of methoxy groups -OCH3 is 2. The van der Waals surface area contributed by atoms with Crippen molar-refractivity contribution in [1.29, 1.82) is 0 Å². The number of aliphatic carboxylic acids is 1. The van der Waals surface area contributed by atoms with E-state index in [1.807, 2.05) is 79.7 Å². The number of anilines is 1. The van der Waals surface area contributed by atoms with E-state index in [9.17, 15) is 48.6 Å². The van der Waals surface area contributed by atoms with Crippen molar-refractivity contribution in [2.24, 2.45) is 0 Å². The number of hydrogen-bond donors (Lipinski definition) is 5. The number of nitrogens with zero attached hydrogens (tertiary/aromatic N) is 5. The summed E-state index contributed by atoms with van der Waals surface area (Å²) in [6.45, 7) is 6.76. The minimum absolute atomic E-state index is 0.00180. The van der Waals surface area contributed by atoms with Gasteiger partial charge in [0.2, 0.25) is 17.7 Å². The van der Waals surface area contributed by atoms with Gasteiger partial charge in [-0.25, -0.2) is 29.2 Å². The summed E-state index contributed by atoms with van der Waals surface area (Å²) >= 11 is 6.84. The molecule has 5 aromatic rings. The summed E-state index contributed by atoms with van der Waals surface area (Å²) in [6.07, 6.45) is -1.55. The summed E-state index contributed by atoms with van der Waals surface area (Å²) in [5.41, 5.74) is 3.23. The number of hydrogen-bond acceptors (Lipinski definition) is 19. The molecule has 5 aliphatic rings. The molecule has 1 aliphatic carbocycles. The van der Waals surface area contributed by atoms with Gasteiger partial charge in [-0.2, -0.15) is 0 Å². The van der Waals surface area contributed by atoms with Crippen molar-refractivity contribution in [2.45, 2.75) is 139 Å². The van der Waals surface area contributed by atoms with Crippen LogP contribution in [0.2, 0.25) is 5.02 Å². The van der Waals surface area contributed by atoms with E-state index in [1.165, 1.54) is 50.0 Å². The van der Waals surface area contributed by atoms with E-state index in [2.05, 4.69) is 28.1 Å². The molecule has 0 spiro atoms. The Morgan fingerprint density at radius 2 is 1.54 bits per heavy atom. The number of aliphatic hydroxyl groups is 1. The van der Waals surface area contributed by atoms with Gasteiger partial charge in [-0.1, -0.05) is 102 Å². The number of carbonyl (C=O) groups is 8. The quantitative estimate of drug-likeness (QED) is 0.0151. The average Bonchev–Trinajstić information content (AvgIpc) is 1.01. The van der Waals surface area contributed by atoms with Crippen molar-refractivity contribution in [3.8, 4) is 16.9 Å². The third kappa shape index (κ3) is 17.7. The van der Waals surface area contributed by atoms with Gasteiger partial charge in [0, 0.05) is 78.1 Å². The smallest absolute Gasteiger partial charge is 0.424 e. The van der Waals surface area contributed by atoms with Crippen LogP contribution in [0.3, 0.4) is 0 Å². The SMILES string of the molecule is COc1cc2cc(c1Cl)N(C)C(=O)C[C@H](OC(=O)[C@H](C)N(C)C(=O)CCOCCOCCNC(=O)[C@H](CCC(=O)O)NC(=O)OCn1c(CN(C)N(C)C(=O)OCC3c4ccccc4-c4ccccc43)cc3ccccc31)[C@@]1(C)CC(C)(O1)[C@@H]1C[C@@](O)(NC(=O)O1)[C@H](OC)/C=C/C=C(\C)C2. The van der Waals surface area contributed by atoms with Gasteiger partial charge in [0.15, 0.2) is 12.5 Å². The van der Waals surface area contributed by atoms with Gasteiger partial charge < -0.3 is 77.8 Å². The molecular weight excluding hydrogens is 1320 g/mol. The number of allylic oxidation sites excluding steroid dienone is 3. The molecule has 5 N–H and O–H groups in total. The van der Waals surface area contributed by atoms with Crippen molar-refractivity contribution < 1.29 is 91.2 Å². The maximum atomic E-state index is 14.4. The second-order valence-corrected chi connectivity index (χ2v) is 26.3. The lowest BCUT2D eigenvalue weighted by molar-refractivity contribution is -0.328. The molecule has 1 unspecified atom stereocenters. The van der Waals surface area contributed by atoms with Crippen molar-refractivity contribution >= 4 is 76.1 Å². The zero-order chi connectivity index (χ0) is 72.2. The number of likely N-dealkylation sites (N-methyl/N-ethyl adjacent to an activating group) is 1. The molecule has 538 valence electrons. The number of hydrazine groups is 1. The average molecular weight is 1410 g/mol. The van der Waals surface area contributed by atoms with Crippen LogP contribution in [0.25, 0.3) is 22.0 Å². The number of esters is 1. The van der Waals surface area contributed by atoms with Gasteiger partial charge in [0.05, 0.1) is 64.1 Å². The molecule has 0 saturated carbocycles. The minimum atomic E-state index is -1.93. The molecule has 100 heavy (non-hydrogen) atoms. The van der Waals surface area contributed by atoms with Crippen LogP contribution in [0.1, 0.15) is 94.5 Å². The van der Waals surface area contributed by atoms with E-state index >= 15 is 0 Å². The zero-order valence-electron chi connectivity index (χ0n) is 57.9. The maximum absolute atomic E-state index is 14.4. The molecule has 4 aromatic carbocycles. The summed E-state index contributed by atoms with van der Waals surface area (Å²) < 4.78 is 54.4. The number of nitrogens with one attached hydrogen (secondary N) is 3. The van der Waals surface area contributed by atoms with E-state index in [4.69, 9.17) is 54.2 Å². The van der Waals surface area contributed by atoms with Crippen LogP contribution in [-0.2, 0) is 81.6 Å². The van der Waals surface area contributed by atoms with Gasteiger partial charge in [-0.05, 0) is 92.6 Å². The number of carboxylic acid groups (broad SMARTS) is 1. The van der Waals surface area contributed by atoms with Crippen LogP contribution in [-0.4, -0.2) is 207 Å². The summed E-state index contributed by atoms with van der Waals surface area (Å²) in [4.78, 5) is 110. The number of para-hydroxylation sites is 1. The molecule has 10 rings (SSSR count). The molecule has 28 heteroatoms. The molecule has 1 aromatic heterocycles. The monoisotopic (exact) mass is 1400 g/mol. The Hall–Kier alpha value is -9.09. The Morgan fingerprint density at radius 1 is 0.870 bits per heavy atom. The van der Waals surface area contributed by atoms with E-state index in [1.54, 1.807) is 61.8 Å². The number of amides is 6. The Balaban J connectivity index is 0.726. The van der Waals surface area contributed by atoms with Crippen LogP contribution in [0.5, 0.6) is 5.75 Å². The highest BCUT2D eigenvalue weighted by molar-refractivity contribution is 6.35. The molecule has 4 aliphatic heterocycles. The lowest BCUT2D eigenvalue weighted by Crippen LogP contribution is -2.72. The van der Waals surface area contributed by atoms with Gasteiger partial charge >= 0.3 is 30.2 Å². The summed E-state index contributed by atoms with van der Waals surface area (Å²) in [6, 6.07) is 26.6. The Morgan fingerprint density at radius 3 is 2.22 bits per heavy atom. The van der Waals surface area contributed by atoms with Crippen molar-refractivity contribution in [1.82, 2.24) is 35.4 Å². The number of benzene rings is 4. The third-order valence-corrected chi connectivity index (χ3v) is 19.2. The van der Waals surface area contributed by atoms with Crippen molar-refractivity contribution in [3.05, 3.63) is 142 Å². The van der Waals surface area contributed by atoms with Crippen LogP contribution in [0.4, 0.5) is 20.1 Å². The number of carbonyl (C=O) groups excluding carboxylic acids is 7. The normalized spacial score (nSPS) is 22.7. The number of aromatic nitrogens is 1. The first-order chi connectivity index (χ1) is 47.7. The van der Waals surface area contributed by atoms with Gasteiger partial charge in [0.1, 0.15) is 59.0 Å². The second kappa shape index (κ2) is 32.9. The van der Waals surface area contributed by atoms with Crippen molar-refractivity contribution in [2.75, 3.05) is 86.9 Å². The highest BCUT2D eigenvalue weighted by atomic mass is 35.5. The molecular formula is C72H89ClN8O19. The molecule has 6 amide bonds. The Bertz CT molecular complexity index is 3850. The molecule has 2 fully saturated rings. The summed E-state index contributed by atoms with van der Waals surface area (Å²) in [5.74, 6) is -3.50. The highest BCUT2D eigenvalue weighted by Gasteiger charge is 2.63. The van der Waals surface area contributed by atoms with Crippen LogP contribution < -0.4 is 25.6 Å². The topological polar surface area (TPSA) is 314 Å². The van der Waals surface area contributed by atoms with E-state index < -0.39 is 108 Å². The maximum Gasteiger partial charge on any atom is 0.424 e. The lowest BCUT2D eigenvalue weighted by atomic mass is 9.72. The second-order valence-electron chi connectivity index (χ2n) is 25.9. The van der Waals surface area contributed by atoms with E-state index in [0.29, 0.717) is 23.6 Å². The predicted octanol–water partition coefficient (Wildman–Crippen LogP) is 8.00. The first-order valence-electron chi connectivity index (χ1n) is 33.0.